The minimum absolute atomic E-state index is 0.161. The first kappa shape index (κ1) is 21.4. The molecule has 30 heavy (non-hydrogen) atoms. The normalized spacial score (nSPS) is 20.0. The number of hydrazine groups is 1. The number of nitrogens with zero attached hydrogens (tertiary/aromatic N) is 3. The summed E-state index contributed by atoms with van der Waals surface area (Å²) in [6.45, 7) is 1.73. The van der Waals surface area contributed by atoms with Crippen LogP contribution in [0.2, 0.25) is 15.1 Å². The van der Waals surface area contributed by atoms with Gasteiger partial charge in [0, 0.05) is 29.6 Å². The van der Waals surface area contributed by atoms with Crippen molar-refractivity contribution in [3.8, 4) is 0 Å². The van der Waals surface area contributed by atoms with Gasteiger partial charge in [0.05, 0.1) is 16.8 Å². The first-order chi connectivity index (χ1) is 14.5. The Hall–Kier alpha value is -1.79. The van der Waals surface area contributed by atoms with Crippen molar-refractivity contribution in [1.82, 2.24) is 10.4 Å². The fourth-order valence-electron chi connectivity index (χ4n) is 3.87. The van der Waals surface area contributed by atoms with Crippen LogP contribution in [0.5, 0.6) is 0 Å². The first-order valence-corrected chi connectivity index (χ1v) is 11.3. The van der Waals surface area contributed by atoms with E-state index in [-0.39, 0.29) is 11.9 Å². The van der Waals surface area contributed by atoms with Crippen molar-refractivity contribution < 1.29 is 4.79 Å². The van der Waals surface area contributed by atoms with Crippen molar-refractivity contribution in [2.24, 2.45) is 5.10 Å². The average molecular weight is 466 g/mol. The predicted molar refractivity (Wildman–Crippen MR) is 123 cm³/mol. The van der Waals surface area contributed by atoms with Crippen molar-refractivity contribution in [2.45, 2.75) is 38.1 Å². The Kier molecular flexibility index (Phi) is 6.84. The van der Waals surface area contributed by atoms with Gasteiger partial charge in [-0.25, -0.2) is 5.01 Å². The van der Waals surface area contributed by atoms with Gasteiger partial charge in [-0.2, -0.15) is 5.10 Å². The van der Waals surface area contributed by atoms with Crippen LogP contribution < -0.4 is 10.4 Å². The quantitative estimate of drug-likeness (QED) is 0.615. The number of hydrogen-bond donors (Lipinski definition) is 1. The summed E-state index contributed by atoms with van der Waals surface area (Å²) >= 11 is 18.6. The fraction of sp³-hybridized carbons (Fsp3) is 0.364. The molecule has 158 valence electrons. The van der Waals surface area contributed by atoms with E-state index in [0.717, 1.165) is 31.5 Å². The standard InChI is InChI=1S/C22H23Cl3N4O/c23-16-7-5-15(6-8-16)21-14-19(22(30)27-28-11-3-1-2-4-12-28)26-29(21)20-10-9-17(24)13-18(20)25/h5-10,13,21H,1-4,11-12,14H2,(H,27,30)/t21-/m0/s1. The first-order valence-electron chi connectivity index (χ1n) is 10.1. The molecule has 5 nitrogen and oxygen atoms in total. The summed E-state index contributed by atoms with van der Waals surface area (Å²) < 4.78 is 0. The van der Waals surface area contributed by atoms with Crippen molar-refractivity contribution in [1.29, 1.82) is 0 Å². The van der Waals surface area contributed by atoms with Crippen molar-refractivity contribution in [3.63, 3.8) is 0 Å². The minimum Gasteiger partial charge on any atom is -0.284 e. The number of carbonyl (C=O) groups is 1. The van der Waals surface area contributed by atoms with E-state index in [4.69, 9.17) is 34.8 Å². The Bertz CT molecular complexity index is 940. The SMILES string of the molecule is O=C(NN1CCCCCC1)C1=NN(c2ccc(Cl)cc2Cl)[C@H](c2ccc(Cl)cc2)C1. The summed E-state index contributed by atoms with van der Waals surface area (Å²) in [5, 5.41) is 10.2. The second-order valence-electron chi connectivity index (χ2n) is 7.60. The van der Waals surface area contributed by atoms with Gasteiger partial charge in [0.2, 0.25) is 0 Å². The summed E-state index contributed by atoms with van der Waals surface area (Å²) in [4.78, 5) is 13.0. The zero-order chi connectivity index (χ0) is 21.1. The van der Waals surface area contributed by atoms with E-state index in [2.05, 4.69) is 10.5 Å². The third-order valence-corrected chi connectivity index (χ3v) is 6.24. The zero-order valence-electron chi connectivity index (χ0n) is 16.5. The van der Waals surface area contributed by atoms with Gasteiger partial charge in [-0.15, -0.1) is 0 Å². The largest absolute Gasteiger partial charge is 0.284 e. The Labute approximate surface area is 191 Å². The molecule has 0 saturated carbocycles. The van der Waals surface area contributed by atoms with E-state index in [9.17, 15) is 4.79 Å². The highest BCUT2D eigenvalue weighted by molar-refractivity contribution is 6.40. The van der Waals surface area contributed by atoms with E-state index in [1.165, 1.54) is 12.8 Å². The number of halogens is 3. The van der Waals surface area contributed by atoms with Gasteiger partial charge in [0.15, 0.2) is 0 Å². The molecule has 2 aliphatic rings. The van der Waals surface area contributed by atoms with Crippen LogP contribution in [0.1, 0.15) is 43.7 Å². The summed E-state index contributed by atoms with van der Waals surface area (Å²) in [5.41, 5.74) is 5.23. The molecule has 1 amide bonds. The van der Waals surface area contributed by atoms with Gasteiger partial charge in [-0.1, -0.05) is 59.8 Å². The molecular formula is C22H23Cl3N4O. The molecule has 4 rings (SSSR count). The Balaban J connectivity index is 1.61. The number of hydrazone groups is 1. The number of rotatable bonds is 4. The number of nitrogens with one attached hydrogen (secondary N) is 1. The second kappa shape index (κ2) is 9.56. The number of benzene rings is 2. The molecular weight excluding hydrogens is 443 g/mol. The van der Waals surface area contributed by atoms with Crippen LogP contribution in [0.15, 0.2) is 47.6 Å². The molecule has 1 atom stereocenters. The molecule has 2 aromatic rings. The molecule has 0 aromatic heterocycles. The number of anilines is 1. The summed E-state index contributed by atoms with van der Waals surface area (Å²) in [5.74, 6) is -0.163. The van der Waals surface area contributed by atoms with Gasteiger partial charge < -0.3 is 0 Å². The van der Waals surface area contributed by atoms with Gasteiger partial charge in [-0.3, -0.25) is 15.2 Å². The van der Waals surface area contributed by atoms with Crippen molar-refractivity contribution >= 4 is 52.1 Å². The number of carbonyl (C=O) groups excluding carboxylic acids is 1. The molecule has 0 unspecified atom stereocenters. The van der Waals surface area contributed by atoms with Crippen LogP contribution in [0, 0.1) is 0 Å². The van der Waals surface area contributed by atoms with Crippen LogP contribution in [-0.2, 0) is 4.79 Å². The highest BCUT2D eigenvalue weighted by Gasteiger charge is 2.34. The third kappa shape index (κ3) is 4.92. The summed E-state index contributed by atoms with van der Waals surface area (Å²) in [6, 6.07) is 12.7. The van der Waals surface area contributed by atoms with Gasteiger partial charge >= 0.3 is 0 Å². The molecule has 2 heterocycles. The second-order valence-corrected chi connectivity index (χ2v) is 8.88. The van der Waals surface area contributed by atoms with Crippen LogP contribution >= 0.6 is 34.8 Å². The molecule has 2 aromatic carbocycles. The molecule has 1 N–H and O–H groups in total. The van der Waals surface area contributed by atoms with E-state index in [0.29, 0.717) is 32.9 Å². The highest BCUT2D eigenvalue weighted by atomic mass is 35.5. The molecule has 8 heteroatoms. The number of hydrogen-bond acceptors (Lipinski definition) is 4. The molecule has 0 bridgehead atoms. The lowest BCUT2D eigenvalue weighted by molar-refractivity contribution is -0.119. The Morgan fingerprint density at radius 3 is 2.27 bits per heavy atom. The van der Waals surface area contributed by atoms with Crippen LogP contribution in [0.25, 0.3) is 0 Å². The highest BCUT2D eigenvalue weighted by Crippen LogP contribution is 2.39. The van der Waals surface area contributed by atoms with E-state index in [1.807, 2.05) is 35.3 Å². The number of amides is 1. The Morgan fingerprint density at radius 2 is 1.60 bits per heavy atom. The van der Waals surface area contributed by atoms with Crippen LogP contribution in [0.3, 0.4) is 0 Å². The smallest absolute Gasteiger partial charge is 0.281 e. The van der Waals surface area contributed by atoms with Gasteiger partial charge in [0.25, 0.3) is 5.91 Å². The molecule has 0 radical (unpaired) electrons. The molecule has 0 aliphatic carbocycles. The van der Waals surface area contributed by atoms with Crippen LogP contribution in [0.4, 0.5) is 5.69 Å². The van der Waals surface area contributed by atoms with Crippen molar-refractivity contribution in [2.75, 3.05) is 18.1 Å². The summed E-state index contributed by atoms with van der Waals surface area (Å²) in [6.07, 6.45) is 5.06. The molecule has 1 fully saturated rings. The van der Waals surface area contributed by atoms with Gasteiger partial charge in [-0.05, 0) is 48.7 Å². The maximum atomic E-state index is 13.0. The predicted octanol–water partition coefficient (Wildman–Crippen LogP) is 5.86. The van der Waals surface area contributed by atoms with Crippen molar-refractivity contribution in [3.05, 3.63) is 63.1 Å². The maximum absolute atomic E-state index is 13.0. The average Bonchev–Trinajstić information content (AvgIpc) is 3.00. The fourth-order valence-corrected chi connectivity index (χ4v) is 4.49. The third-order valence-electron chi connectivity index (χ3n) is 5.45. The molecule has 1 saturated heterocycles. The molecule has 0 spiro atoms. The lowest BCUT2D eigenvalue weighted by atomic mass is 10.0. The zero-order valence-corrected chi connectivity index (χ0v) is 18.7. The summed E-state index contributed by atoms with van der Waals surface area (Å²) in [7, 11) is 0. The van der Waals surface area contributed by atoms with Gasteiger partial charge in [0.1, 0.15) is 5.71 Å². The van der Waals surface area contributed by atoms with E-state index in [1.54, 1.807) is 17.1 Å². The molecule has 2 aliphatic heterocycles. The Morgan fingerprint density at radius 1 is 0.933 bits per heavy atom. The maximum Gasteiger partial charge on any atom is 0.281 e. The lowest BCUT2D eigenvalue weighted by Crippen LogP contribution is -2.45. The minimum atomic E-state index is -0.163. The topological polar surface area (TPSA) is 47.9 Å². The van der Waals surface area contributed by atoms with E-state index >= 15 is 0 Å². The monoisotopic (exact) mass is 464 g/mol. The lowest BCUT2D eigenvalue weighted by Gasteiger charge is -2.25. The van der Waals surface area contributed by atoms with Crippen LogP contribution in [-0.4, -0.2) is 29.7 Å². The van der Waals surface area contributed by atoms with E-state index < -0.39 is 0 Å².